The number of likely N-dealkylation sites (N-methyl/N-ethyl adjacent to an activating group) is 1. The molecule has 0 bridgehead atoms. The third-order valence-electron chi connectivity index (χ3n) is 1.57. The Morgan fingerprint density at radius 3 is 2.57 bits per heavy atom. The van der Waals surface area contributed by atoms with E-state index in [1.807, 2.05) is 6.92 Å². The van der Waals surface area contributed by atoms with Crippen LogP contribution >= 0.6 is 0 Å². The van der Waals surface area contributed by atoms with Gasteiger partial charge in [-0.2, -0.15) is 0 Å². The van der Waals surface area contributed by atoms with E-state index in [0.29, 0.717) is 0 Å². The second-order valence-corrected chi connectivity index (χ2v) is 3.18. The zero-order chi connectivity index (χ0) is 11.0. The van der Waals surface area contributed by atoms with Gasteiger partial charge in [-0.15, -0.1) is 0 Å². The zero-order valence-corrected chi connectivity index (χ0v) is 9.04. The summed E-state index contributed by atoms with van der Waals surface area (Å²) in [6.07, 6.45) is 1.74. The van der Waals surface area contributed by atoms with Crippen LogP contribution in [0.1, 0.15) is 26.7 Å². The fourth-order valence-electron chi connectivity index (χ4n) is 0.857. The van der Waals surface area contributed by atoms with Crippen LogP contribution in [0, 0.1) is 6.07 Å². The van der Waals surface area contributed by atoms with Crippen molar-refractivity contribution in [1.82, 2.24) is 4.90 Å². The maximum absolute atomic E-state index is 11.3. The van der Waals surface area contributed by atoms with E-state index in [1.54, 1.807) is 7.05 Å². The molecule has 0 saturated carbocycles. The summed E-state index contributed by atoms with van der Waals surface area (Å²) in [6, 6.07) is 2.77. The van der Waals surface area contributed by atoms with Gasteiger partial charge >= 0.3 is 12.5 Å². The fraction of sp³-hybridized carbons (Fsp3) is 0.700. The number of amides is 1. The summed E-state index contributed by atoms with van der Waals surface area (Å²) in [4.78, 5) is 27.2. The van der Waals surface area contributed by atoms with Crippen molar-refractivity contribution in [2.75, 3.05) is 20.1 Å². The molecule has 0 atom stereocenters. The lowest BCUT2D eigenvalue weighted by atomic mass is 10.4. The topological polar surface area (TPSA) is 41.7 Å². The number of unbranched alkanes of at least 4 members (excludes halogenated alkanes) is 1. The average molecular weight is 197 g/mol. The van der Waals surface area contributed by atoms with Crippen molar-refractivity contribution in [2.24, 2.45) is 0 Å². The van der Waals surface area contributed by atoms with Gasteiger partial charge in [0.25, 0.3) is 6.07 Å². The molecule has 0 fully saturated rings. The van der Waals surface area contributed by atoms with Gasteiger partial charge in [-0.05, 0) is 13.3 Å². The van der Waals surface area contributed by atoms with Gasteiger partial charge in [0.05, 0.1) is 13.0 Å². The lowest BCUT2D eigenvalue weighted by Crippen LogP contribution is -2.32. The van der Waals surface area contributed by atoms with E-state index in [0.717, 1.165) is 12.8 Å². The second kappa shape index (κ2) is 7.07. The first-order chi connectivity index (χ1) is 6.57. The predicted octanol–water partition coefficient (Wildman–Crippen LogP) is 1.17. The molecule has 0 saturated heterocycles. The van der Waals surface area contributed by atoms with Crippen LogP contribution in [0.2, 0.25) is 0 Å². The molecule has 0 heterocycles. The Kier molecular flexibility index (Phi) is 6.38. The van der Waals surface area contributed by atoms with Gasteiger partial charge in [0.15, 0.2) is 0 Å². The number of carbonyl (C=O) groups is 2. The van der Waals surface area contributed by atoms with Gasteiger partial charge in [-0.3, -0.25) is 9.59 Å². The second-order valence-electron chi connectivity index (χ2n) is 3.18. The number of hydrogen-bond acceptors (Lipinski definition) is 2. The normalized spacial score (nSPS) is 8.79. The standard InChI is InChI=1S/C10H17N2O2/c1-4-5-6-11-7-10(14)12(3)8-9(2)13/h4-5,7-8H2,1-3H3/q+1. The van der Waals surface area contributed by atoms with Crippen LogP contribution in [-0.4, -0.2) is 36.7 Å². The third-order valence-corrected chi connectivity index (χ3v) is 1.57. The molecule has 0 aliphatic rings. The number of Topliss-reactive ketones (excluding diaryl/α,β-unsaturated/α-hetero) is 1. The van der Waals surface area contributed by atoms with Crippen LogP contribution < -0.4 is 0 Å². The Bertz CT molecular complexity index is 263. The molecule has 0 aromatic rings. The third kappa shape index (κ3) is 6.18. The molecule has 0 aliphatic carbocycles. The maximum atomic E-state index is 11.3. The minimum absolute atomic E-state index is 0.0256. The number of hydrogen-bond donors (Lipinski definition) is 0. The van der Waals surface area contributed by atoms with E-state index in [4.69, 9.17) is 0 Å². The molecule has 0 aromatic heterocycles. The summed E-state index contributed by atoms with van der Waals surface area (Å²) in [7, 11) is 1.60. The Morgan fingerprint density at radius 1 is 1.43 bits per heavy atom. The molecule has 4 heteroatoms. The van der Waals surface area contributed by atoms with E-state index in [1.165, 1.54) is 11.8 Å². The van der Waals surface area contributed by atoms with Gasteiger partial charge < -0.3 is 4.90 Å². The quantitative estimate of drug-likeness (QED) is 0.678. The van der Waals surface area contributed by atoms with Crippen LogP contribution in [-0.2, 0) is 9.59 Å². The van der Waals surface area contributed by atoms with E-state index in [2.05, 4.69) is 10.9 Å². The van der Waals surface area contributed by atoms with Crippen molar-refractivity contribution >= 4 is 11.7 Å². The van der Waals surface area contributed by atoms with Crippen molar-refractivity contribution < 1.29 is 9.59 Å². The van der Waals surface area contributed by atoms with E-state index in [9.17, 15) is 9.59 Å². The van der Waals surface area contributed by atoms with Gasteiger partial charge in [-0.25, -0.2) is 0 Å². The van der Waals surface area contributed by atoms with E-state index >= 15 is 0 Å². The van der Waals surface area contributed by atoms with E-state index < -0.39 is 0 Å². The van der Waals surface area contributed by atoms with Crippen molar-refractivity contribution in [3.63, 3.8) is 0 Å². The van der Waals surface area contributed by atoms with Gasteiger partial charge in [0.2, 0.25) is 0 Å². The summed E-state index contributed by atoms with van der Waals surface area (Å²) in [5, 5.41) is 0. The fourth-order valence-corrected chi connectivity index (χ4v) is 0.857. The van der Waals surface area contributed by atoms with Gasteiger partial charge in [0.1, 0.15) is 5.78 Å². The van der Waals surface area contributed by atoms with Crippen LogP contribution in [0.4, 0.5) is 0 Å². The molecule has 0 unspecified atom stereocenters. The molecule has 0 aromatic carbocycles. The maximum Gasteiger partial charge on any atom is 0.340 e. The van der Waals surface area contributed by atoms with Crippen molar-refractivity contribution in [3.8, 4) is 6.07 Å². The van der Waals surface area contributed by atoms with Crippen molar-refractivity contribution in [2.45, 2.75) is 26.7 Å². The first-order valence-corrected chi connectivity index (χ1v) is 4.70. The highest BCUT2D eigenvalue weighted by Gasteiger charge is 2.14. The minimum atomic E-state index is -0.149. The Morgan fingerprint density at radius 2 is 2.07 bits per heavy atom. The van der Waals surface area contributed by atoms with E-state index in [-0.39, 0.29) is 24.8 Å². The van der Waals surface area contributed by atoms with Crippen LogP contribution in [0.15, 0.2) is 0 Å². The number of rotatable bonds is 4. The van der Waals surface area contributed by atoms with Crippen LogP contribution in [0.25, 0.3) is 4.85 Å². The summed E-state index contributed by atoms with van der Waals surface area (Å²) in [6.45, 7) is 3.72. The molecule has 0 aliphatic heterocycles. The highest BCUT2D eigenvalue weighted by Crippen LogP contribution is 1.88. The molecule has 0 rings (SSSR count). The molecular weight excluding hydrogens is 180 g/mol. The van der Waals surface area contributed by atoms with Crippen molar-refractivity contribution in [1.29, 1.82) is 0 Å². The molecule has 14 heavy (non-hydrogen) atoms. The lowest BCUT2D eigenvalue weighted by Gasteiger charge is -2.10. The number of ketones is 1. The highest BCUT2D eigenvalue weighted by atomic mass is 16.2. The van der Waals surface area contributed by atoms with Crippen molar-refractivity contribution in [3.05, 3.63) is 4.85 Å². The molecular formula is C10H17N2O2+. The SMILES string of the molecule is CCCC#[N+]CC(=O)N(C)CC(C)=O. The summed E-state index contributed by atoms with van der Waals surface area (Å²) < 4.78 is 0. The van der Waals surface area contributed by atoms with Crippen LogP contribution in [0.3, 0.4) is 0 Å². The summed E-state index contributed by atoms with van der Waals surface area (Å²) in [5.74, 6) is -0.175. The monoisotopic (exact) mass is 197 g/mol. The minimum Gasteiger partial charge on any atom is -0.332 e. The Hall–Kier alpha value is -1.37. The van der Waals surface area contributed by atoms with Crippen LogP contribution in [0.5, 0.6) is 0 Å². The average Bonchev–Trinajstić information content (AvgIpc) is 2.11. The molecule has 4 nitrogen and oxygen atoms in total. The summed E-state index contributed by atoms with van der Waals surface area (Å²) >= 11 is 0. The first-order valence-electron chi connectivity index (χ1n) is 4.70. The molecule has 0 N–H and O–H groups in total. The Balaban J connectivity index is 3.85. The number of nitrogens with zero attached hydrogens (tertiary/aromatic N) is 2. The number of carbonyl (C=O) groups excluding carboxylic acids is 2. The molecule has 0 radical (unpaired) electrons. The first kappa shape index (κ1) is 12.6. The predicted molar refractivity (Wildman–Crippen MR) is 55.3 cm³/mol. The lowest BCUT2D eigenvalue weighted by molar-refractivity contribution is -0.131. The Labute approximate surface area is 84.7 Å². The van der Waals surface area contributed by atoms with Gasteiger partial charge in [0, 0.05) is 7.05 Å². The smallest absolute Gasteiger partial charge is 0.332 e. The molecule has 78 valence electrons. The largest absolute Gasteiger partial charge is 0.340 e. The molecule has 1 amide bonds. The highest BCUT2D eigenvalue weighted by molar-refractivity contribution is 5.86. The molecule has 0 spiro atoms. The zero-order valence-electron chi connectivity index (χ0n) is 9.04. The van der Waals surface area contributed by atoms with Gasteiger partial charge in [-0.1, -0.05) is 11.8 Å². The summed E-state index contributed by atoms with van der Waals surface area (Å²) in [5.41, 5.74) is 0.